The first-order valence-electron chi connectivity index (χ1n) is 6.81. The zero-order chi connectivity index (χ0) is 12.1. The minimum absolute atomic E-state index is 0. The predicted octanol–water partition coefficient (Wildman–Crippen LogP) is 5.09. The van der Waals surface area contributed by atoms with Gasteiger partial charge in [0.1, 0.15) is 0 Å². The van der Waals surface area contributed by atoms with Crippen LogP contribution in [0.2, 0.25) is 5.02 Å². The van der Waals surface area contributed by atoms with Crippen molar-refractivity contribution in [3.63, 3.8) is 0 Å². The van der Waals surface area contributed by atoms with E-state index >= 15 is 0 Å². The van der Waals surface area contributed by atoms with Crippen molar-refractivity contribution in [3.8, 4) is 0 Å². The third kappa shape index (κ3) is 4.15. The van der Waals surface area contributed by atoms with Crippen molar-refractivity contribution in [1.82, 2.24) is 4.90 Å². The van der Waals surface area contributed by atoms with Crippen LogP contribution >= 0.6 is 24.0 Å². The van der Waals surface area contributed by atoms with Gasteiger partial charge in [-0.3, -0.25) is 4.90 Å². The maximum Gasteiger partial charge on any atom is 0.0406 e. The van der Waals surface area contributed by atoms with E-state index in [1.807, 2.05) is 12.1 Å². The van der Waals surface area contributed by atoms with E-state index < -0.39 is 0 Å². The van der Waals surface area contributed by atoms with Crippen molar-refractivity contribution in [3.05, 3.63) is 34.9 Å². The smallest absolute Gasteiger partial charge is 0.0406 e. The maximum absolute atomic E-state index is 5.97. The summed E-state index contributed by atoms with van der Waals surface area (Å²) in [4.78, 5) is 2.65. The standard InChI is InChI=1S/C15H22ClN.ClH/c1-2-6-15(17-11-4-3-5-12-17)13-7-9-14(16)10-8-13;/h7-10,15H,2-6,11-12H2,1H3;1H. The number of likely N-dealkylation sites (tertiary alicyclic amines) is 1. The zero-order valence-electron chi connectivity index (χ0n) is 11.1. The molecule has 1 heterocycles. The lowest BCUT2D eigenvalue weighted by Crippen LogP contribution is -2.33. The highest BCUT2D eigenvalue weighted by atomic mass is 35.5. The molecule has 1 fully saturated rings. The minimum atomic E-state index is 0. The van der Waals surface area contributed by atoms with Crippen molar-refractivity contribution in [2.24, 2.45) is 0 Å². The maximum atomic E-state index is 5.97. The molecule has 1 atom stereocenters. The Morgan fingerprint density at radius 3 is 2.28 bits per heavy atom. The molecule has 18 heavy (non-hydrogen) atoms. The second-order valence-electron chi connectivity index (χ2n) is 4.95. The van der Waals surface area contributed by atoms with Gasteiger partial charge in [0.2, 0.25) is 0 Å². The van der Waals surface area contributed by atoms with Crippen LogP contribution in [0.4, 0.5) is 0 Å². The van der Waals surface area contributed by atoms with Gasteiger partial charge in [0, 0.05) is 11.1 Å². The molecule has 0 amide bonds. The van der Waals surface area contributed by atoms with Gasteiger partial charge in [0.05, 0.1) is 0 Å². The second kappa shape index (κ2) is 8.04. The topological polar surface area (TPSA) is 3.24 Å². The molecule has 0 saturated carbocycles. The van der Waals surface area contributed by atoms with Crippen molar-refractivity contribution in [1.29, 1.82) is 0 Å². The number of hydrogen-bond donors (Lipinski definition) is 0. The third-order valence-corrected chi connectivity index (χ3v) is 3.90. The summed E-state index contributed by atoms with van der Waals surface area (Å²) in [6, 6.07) is 9.01. The molecule has 102 valence electrons. The summed E-state index contributed by atoms with van der Waals surface area (Å²) in [7, 11) is 0. The predicted molar refractivity (Wildman–Crippen MR) is 81.8 cm³/mol. The molecule has 0 radical (unpaired) electrons. The van der Waals surface area contributed by atoms with Crippen molar-refractivity contribution in [2.45, 2.75) is 45.1 Å². The SMILES string of the molecule is CCCC(c1ccc(Cl)cc1)N1CCCCC1.Cl. The van der Waals surface area contributed by atoms with Gasteiger partial charge in [0.15, 0.2) is 0 Å². The van der Waals surface area contributed by atoms with Crippen LogP contribution in [0.1, 0.15) is 50.6 Å². The lowest BCUT2D eigenvalue weighted by atomic mass is 9.98. The molecule has 3 heteroatoms. The molecule has 2 rings (SSSR count). The number of hydrogen-bond acceptors (Lipinski definition) is 1. The highest BCUT2D eigenvalue weighted by molar-refractivity contribution is 6.30. The molecule has 0 N–H and O–H groups in total. The minimum Gasteiger partial charge on any atom is -0.296 e. The molecular weight excluding hydrogens is 265 g/mol. The van der Waals surface area contributed by atoms with E-state index in [-0.39, 0.29) is 12.4 Å². The van der Waals surface area contributed by atoms with Crippen LogP contribution in [0.25, 0.3) is 0 Å². The molecule has 0 spiro atoms. The van der Waals surface area contributed by atoms with E-state index in [4.69, 9.17) is 11.6 Å². The third-order valence-electron chi connectivity index (χ3n) is 3.65. The molecule has 1 saturated heterocycles. The van der Waals surface area contributed by atoms with E-state index in [0.717, 1.165) is 5.02 Å². The fourth-order valence-electron chi connectivity index (χ4n) is 2.75. The van der Waals surface area contributed by atoms with E-state index in [1.54, 1.807) is 0 Å². The molecule has 1 nitrogen and oxygen atoms in total. The molecule has 1 aliphatic rings. The quantitative estimate of drug-likeness (QED) is 0.746. The number of rotatable bonds is 4. The van der Waals surface area contributed by atoms with Crippen molar-refractivity contribution >= 4 is 24.0 Å². The molecule has 0 aromatic heterocycles. The zero-order valence-corrected chi connectivity index (χ0v) is 12.6. The van der Waals surface area contributed by atoms with Gasteiger partial charge in [-0.15, -0.1) is 12.4 Å². The van der Waals surface area contributed by atoms with Crippen LogP contribution in [0.3, 0.4) is 0 Å². The monoisotopic (exact) mass is 287 g/mol. The summed E-state index contributed by atoms with van der Waals surface area (Å²) in [6.07, 6.45) is 6.60. The van der Waals surface area contributed by atoms with Crippen LogP contribution < -0.4 is 0 Å². The fraction of sp³-hybridized carbons (Fsp3) is 0.600. The Morgan fingerprint density at radius 2 is 1.72 bits per heavy atom. The lowest BCUT2D eigenvalue weighted by Gasteiger charge is -2.35. The van der Waals surface area contributed by atoms with Crippen molar-refractivity contribution in [2.75, 3.05) is 13.1 Å². The lowest BCUT2D eigenvalue weighted by molar-refractivity contribution is 0.155. The largest absolute Gasteiger partial charge is 0.296 e. The van der Waals surface area contributed by atoms with Gasteiger partial charge in [-0.25, -0.2) is 0 Å². The normalized spacial score (nSPS) is 18.1. The Balaban J connectivity index is 0.00000162. The average Bonchev–Trinajstić information content (AvgIpc) is 2.38. The number of piperidine rings is 1. The highest BCUT2D eigenvalue weighted by Gasteiger charge is 2.21. The molecular formula is C15H23Cl2N. The summed E-state index contributed by atoms with van der Waals surface area (Å²) in [5.41, 5.74) is 1.43. The highest BCUT2D eigenvalue weighted by Crippen LogP contribution is 2.29. The van der Waals surface area contributed by atoms with Gasteiger partial charge >= 0.3 is 0 Å². The molecule has 1 aromatic rings. The van der Waals surface area contributed by atoms with Gasteiger partial charge < -0.3 is 0 Å². The number of benzene rings is 1. The van der Waals surface area contributed by atoms with Crippen LogP contribution in [0, 0.1) is 0 Å². The molecule has 1 aliphatic heterocycles. The number of halogens is 2. The summed E-state index contributed by atoms with van der Waals surface area (Å²) in [6.45, 7) is 4.79. The van der Waals surface area contributed by atoms with Crippen LogP contribution in [-0.2, 0) is 0 Å². The first-order chi connectivity index (χ1) is 8.31. The van der Waals surface area contributed by atoms with E-state index in [9.17, 15) is 0 Å². The summed E-state index contributed by atoms with van der Waals surface area (Å²) >= 11 is 5.97. The molecule has 1 aromatic carbocycles. The van der Waals surface area contributed by atoms with Crippen LogP contribution in [-0.4, -0.2) is 18.0 Å². The molecule has 1 unspecified atom stereocenters. The van der Waals surface area contributed by atoms with Gasteiger partial charge in [-0.1, -0.05) is 43.5 Å². The fourth-order valence-corrected chi connectivity index (χ4v) is 2.87. The van der Waals surface area contributed by atoms with Crippen LogP contribution in [0.15, 0.2) is 24.3 Å². The Labute approximate surface area is 122 Å². The van der Waals surface area contributed by atoms with E-state index in [2.05, 4.69) is 24.0 Å². The van der Waals surface area contributed by atoms with E-state index in [0.29, 0.717) is 6.04 Å². The van der Waals surface area contributed by atoms with E-state index in [1.165, 1.54) is 50.8 Å². The van der Waals surface area contributed by atoms with Gasteiger partial charge in [0.25, 0.3) is 0 Å². The summed E-state index contributed by atoms with van der Waals surface area (Å²) in [5.74, 6) is 0. The molecule has 0 aliphatic carbocycles. The summed E-state index contributed by atoms with van der Waals surface area (Å²) < 4.78 is 0. The Bertz CT molecular complexity index is 331. The average molecular weight is 288 g/mol. The number of nitrogens with zero attached hydrogens (tertiary/aromatic N) is 1. The van der Waals surface area contributed by atoms with Crippen molar-refractivity contribution < 1.29 is 0 Å². The second-order valence-corrected chi connectivity index (χ2v) is 5.39. The summed E-state index contributed by atoms with van der Waals surface area (Å²) in [5, 5.41) is 0.836. The Hall–Kier alpha value is -0.240. The molecule has 0 bridgehead atoms. The van der Waals surface area contributed by atoms with Crippen LogP contribution in [0.5, 0.6) is 0 Å². The van der Waals surface area contributed by atoms with Gasteiger partial charge in [-0.05, 0) is 50.0 Å². The Kier molecular flexibility index (Phi) is 7.06. The Morgan fingerprint density at radius 1 is 1.11 bits per heavy atom. The first kappa shape index (κ1) is 15.8. The first-order valence-corrected chi connectivity index (χ1v) is 7.18. The van der Waals surface area contributed by atoms with Gasteiger partial charge in [-0.2, -0.15) is 0 Å².